The molecule has 3 aromatic carbocycles. The van der Waals surface area contributed by atoms with Gasteiger partial charge < -0.3 is 62.6 Å². The second-order valence-corrected chi connectivity index (χ2v) is 25.5. The van der Waals surface area contributed by atoms with Gasteiger partial charge in [0, 0.05) is 172 Å². The number of likely N-dealkylation sites (N-methyl/N-ethyl adjacent to an activating group) is 3. The van der Waals surface area contributed by atoms with Crippen LogP contribution in [0.1, 0.15) is 123 Å². The molecule has 5 aromatic rings. The molecule has 13 rings (SSSR count). The number of rotatable bonds is 9. The van der Waals surface area contributed by atoms with Gasteiger partial charge in [0.1, 0.15) is 11.6 Å². The number of nitrogens with two attached hydrogens (primary N) is 3. The molecule has 23 heteroatoms. The highest BCUT2D eigenvalue weighted by Gasteiger charge is 2.38. The first-order valence-electron chi connectivity index (χ1n) is 32.7. The van der Waals surface area contributed by atoms with Gasteiger partial charge in [0.2, 0.25) is 11.1 Å². The molecule has 6 aliphatic heterocycles. The van der Waals surface area contributed by atoms with Gasteiger partial charge in [0.15, 0.2) is 17.3 Å². The predicted octanol–water partition coefficient (Wildman–Crippen LogP) is 5.85. The molecule has 3 saturated heterocycles. The molecule has 2 aliphatic carbocycles. The summed E-state index contributed by atoms with van der Waals surface area (Å²) in [7, 11) is 5.07. The maximum Gasteiger partial charge on any atom is 0.254 e. The Labute approximate surface area is 583 Å². The molecule has 99 heavy (non-hydrogen) atoms. The molecule has 5 fully saturated rings. The van der Waals surface area contributed by atoms with Crippen molar-refractivity contribution < 1.29 is 28.2 Å². The summed E-state index contributed by atoms with van der Waals surface area (Å²) in [6.07, 6.45) is 15.1. The van der Waals surface area contributed by atoms with Crippen molar-refractivity contribution in [1.82, 2.24) is 34.6 Å². The molecule has 0 bridgehead atoms. The van der Waals surface area contributed by atoms with Crippen LogP contribution in [0.5, 0.6) is 0 Å². The first-order chi connectivity index (χ1) is 47.8. The Balaban J connectivity index is 0.000000161. The fraction of sp³-hybridized carbons (Fsp3) is 0.382. The van der Waals surface area contributed by atoms with Crippen LogP contribution in [-0.2, 0) is 10.8 Å². The second-order valence-electron chi connectivity index (χ2n) is 24.3. The summed E-state index contributed by atoms with van der Waals surface area (Å²) in [6, 6.07) is 19.3. The maximum absolute atomic E-state index is 12.8. The van der Waals surface area contributed by atoms with Gasteiger partial charge in [-0.25, -0.2) is 15.0 Å². The summed E-state index contributed by atoms with van der Waals surface area (Å²) >= 11 is 0. The number of nitrogen functional groups attached to an aromatic ring is 1. The number of anilines is 8. The van der Waals surface area contributed by atoms with E-state index >= 15 is 0 Å². The van der Waals surface area contributed by atoms with Gasteiger partial charge in [-0.3, -0.25) is 28.2 Å². The molecule has 0 radical (unpaired) electrons. The molecule has 22 nitrogen and oxygen atoms in total. The molecule has 508 valence electrons. The summed E-state index contributed by atoms with van der Waals surface area (Å²) in [6.45, 7) is 16.7. The van der Waals surface area contributed by atoms with Crippen molar-refractivity contribution in [2.75, 3.05) is 123 Å². The van der Waals surface area contributed by atoms with Gasteiger partial charge in [-0.05, 0) is 192 Å². The SMILES string of the molecule is C#CC#CC#CC#CC#CC#CC#CC#CC.CC.CN1CCN2c3ccc(N)cc3C(=O)CC2C1.CN1CCN2c3ccc(Nc4ncc(C(N)=O)c(NC5CC5)n4)cc3C(=O)CC2C1.CS(=O)c1ncc(C(N)=O)c(NC2CC2)n1.Cc1ccc2c(c1)C(=O)CC1CN(C)CCN21. The molecule has 2 aromatic heterocycles. The Kier molecular flexibility index (Phi) is 26.6. The van der Waals surface area contributed by atoms with Crippen LogP contribution in [0.4, 0.5) is 46.0 Å². The van der Waals surface area contributed by atoms with E-state index in [-0.39, 0.29) is 33.9 Å². The molecular weight excluding hydrogens is 1270 g/mol. The minimum Gasteiger partial charge on any atom is -0.399 e. The molecule has 9 N–H and O–H groups in total. The number of aromatic nitrogens is 4. The molecule has 0 spiro atoms. The predicted molar refractivity (Wildman–Crippen MR) is 392 cm³/mol. The summed E-state index contributed by atoms with van der Waals surface area (Å²) in [5, 5.41) is 9.66. The van der Waals surface area contributed by atoms with Crippen LogP contribution in [0.3, 0.4) is 0 Å². The Hall–Kier alpha value is -11.1. The van der Waals surface area contributed by atoms with Gasteiger partial charge in [0.05, 0.1) is 21.9 Å². The smallest absolute Gasteiger partial charge is 0.254 e. The largest absolute Gasteiger partial charge is 0.399 e. The van der Waals surface area contributed by atoms with Crippen LogP contribution in [0.15, 0.2) is 72.1 Å². The van der Waals surface area contributed by atoms with E-state index in [0.29, 0.717) is 72.5 Å². The van der Waals surface area contributed by atoms with Gasteiger partial charge in [-0.2, -0.15) is 4.98 Å². The zero-order chi connectivity index (χ0) is 71.1. The number of nitrogens with one attached hydrogen (secondary N) is 3. The number of aryl methyl sites for hydroxylation is 1. The average molecular weight is 1350 g/mol. The van der Waals surface area contributed by atoms with E-state index < -0.39 is 22.6 Å². The van der Waals surface area contributed by atoms with Crippen LogP contribution in [0.2, 0.25) is 0 Å². The number of amides is 2. The Morgan fingerprint density at radius 1 is 0.556 bits per heavy atom. The third kappa shape index (κ3) is 20.9. The minimum absolute atomic E-state index is 0.159. The van der Waals surface area contributed by atoms with Crippen LogP contribution < -0.4 is 47.9 Å². The van der Waals surface area contributed by atoms with Crippen molar-refractivity contribution >= 4 is 86.0 Å². The topological polar surface area (TPSA) is 288 Å². The number of piperazine rings is 3. The van der Waals surface area contributed by atoms with Crippen LogP contribution in [0, 0.1) is 102 Å². The van der Waals surface area contributed by atoms with Gasteiger partial charge in [-0.15, -0.1) is 6.42 Å². The lowest BCUT2D eigenvalue weighted by Gasteiger charge is -2.44. The van der Waals surface area contributed by atoms with Crippen molar-refractivity contribution in [3.8, 4) is 95.2 Å². The fourth-order valence-electron chi connectivity index (χ4n) is 11.7. The van der Waals surface area contributed by atoms with Crippen molar-refractivity contribution in [3.63, 3.8) is 0 Å². The molecule has 8 aliphatic rings. The summed E-state index contributed by atoms with van der Waals surface area (Å²) in [5.41, 5.74) is 25.1. The van der Waals surface area contributed by atoms with Crippen molar-refractivity contribution in [2.24, 2.45) is 11.5 Å². The van der Waals surface area contributed by atoms with E-state index in [0.717, 1.165) is 124 Å². The van der Waals surface area contributed by atoms with Gasteiger partial charge >= 0.3 is 0 Å². The third-order valence-electron chi connectivity index (χ3n) is 16.7. The number of Topliss-reactive ketones (excluding diaryl/α,β-unsaturated/α-hetero) is 3. The average Bonchev–Trinajstić information content (AvgIpc) is 1.19. The monoisotopic (exact) mass is 1350 g/mol. The molecule has 4 unspecified atom stereocenters. The molecular formula is C76H82N16O6S. The first-order valence-corrected chi connectivity index (χ1v) is 34.3. The lowest BCUT2D eigenvalue weighted by molar-refractivity contribution is 0.0942. The van der Waals surface area contributed by atoms with E-state index in [1.54, 1.807) is 6.92 Å². The number of benzene rings is 3. The first kappa shape index (κ1) is 73.7. The number of hydrogen-bond donors (Lipinski definition) is 6. The third-order valence-corrected chi connectivity index (χ3v) is 17.4. The van der Waals surface area contributed by atoms with Crippen molar-refractivity contribution in [2.45, 2.75) is 108 Å². The summed E-state index contributed by atoms with van der Waals surface area (Å²) in [4.78, 5) is 90.4. The van der Waals surface area contributed by atoms with E-state index in [4.69, 9.17) is 23.6 Å². The van der Waals surface area contributed by atoms with Crippen LogP contribution in [-0.4, -0.2) is 185 Å². The lowest BCUT2D eigenvalue weighted by atomic mass is 9.92. The van der Waals surface area contributed by atoms with E-state index in [1.807, 2.05) is 63.2 Å². The Morgan fingerprint density at radius 2 is 0.960 bits per heavy atom. The number of ketones is 3. The fourth-order valence-corrected chi connectivity index (χ4v) is 12.1. The minimum atomic E-state index is -1.27. The van der Waals surface area contributed by atoms with Crippen LogP contribution in [0.25, 0.3) is 0 Å². The normalized spacial score (nSPS) is 18.2. The van der Waals surface area contributed by atoms with Gasteiger partial charge in [-0.1, -0.05) is 31.4 Å². The van der Waals surface area contributed by atoms with E-state index in [1.165, 1.54) is 24.2 Å². The molecule has 2 amide bonds. The molecule has 4 atom stereocenters. The van der Waals surface area contributed by atoms with E-state index in [2.05, 4.69) is 187 Å². The molecule has 8 heterocycles. The zero-order valence-corrected chi connectivity index (χ0v) is 58.0. The standard InChI is InChI=1S/C21H25N7O2.C17H4.C14H18N2O.C13H17N3O.C9H12N4O2S.C2H6/c1-27-6-7-28-14(11-27)9-18(29)15-8-13(4-5-17(15)28)25-21-23-10-16(19(22)30)20(26-21)24-12-2-3-12;1-3-5-7-9-11-13-15-17-16-14-12-10-8-6-4-2;1-10-3-4-13-12(7-10)14(17)8-11-9-15(2)5-6-16(11)13;1-15-4-5-16-10(8-15)7-13(17)11-6-9(14)2-3-12(11)16;1-16(15)9-11-4-6(7(10)14)8(13-9)12-5-2-3-5;1-2/h4-5,8,10,12,14H,2-3,6-7,9,11H2,1H3,(H2,22,30)(H2,23,24,25,26);1H,2H3;3-4,7,11H,5-6,8-9H2,1-2H3;2-3,6,10H,4-5,7-8,14H2,1H3;4-5H,2-3H2,1H3,(H2,10,14)(H,11,12,13);1-2H3. The number of carbonyl (C=O) groups is 5. The number of terminal acetylenes is 1. The quantitative estimate of drug-likeness (QED) is 0.0573. The van der Waals surface area contributed by atoms with E-state index in [9.17, 15) is 28.2 Å². The van der Waals surface area contributed by atoms with Crippen LogP contribution >= 0.6 is 0 Å². The number of carbonyl (C=O) groups excluding carboxylic acids is 5. The van der Waals surface area contributed by atoms with Crippen molar-refractivity contribution in [3.05, 3.63) is 100 Å². The Morgan fingerprint density at radius 3 is 1.39 bits per heavy atom. The lowest BCUT2D eigenvalue weighted by Crippen LogP contribution is -2.54. The highest BCUT2D eigenvalue weighted by molar-refractivity contribution is 7.84. The number of hydrogen-bond acceptors (Lipinski definition) is 20. The number of fused-ring (bicyclic) bond motifs is 9. The zero-order valence-electron chi connectivity index (χ0n) is 57.2. The maximum atomic E-state index is 12.8. The number of primary amides is 2. The molecule has 2 saturated carbocycles. The van der Waals surface area contributed by atoms with Gasteiger partial charge in [0.25, 0.3) is 11.8 Å². The number of nitrogens with zero attached hydrogens (tertiary/aromatic N) is 10. The highest BCUT2D eigenvalue weighted by atomic mass is 32.2. The summed E-state index contributed by atoms with van der Waals surface area (Å²) < 4.78 is 11.2. The highest BCUT2D eigenvalue weighted by Crippen LogP contribution is 2.37. The van der Waals surface area contributed by atoms with Crippen molar-refractivity contribution in [1.29, 1.82) is 0 Å². The Bertz CT molecular complexity index is 4350. The summed E-state index contributed by atoms with van der Waals surface area (Å²) in [5.74, 6) is 37.6. The second kappa shape index (κ2) is 35.7.